The number of hydrogen-bond acceptors (Lipinski definition) is 0. The second-order valence-electron chi connectivity index (χ2n) is 14.1. The molecular formula is C48H40N4+2. The predicted molar refractivity (Wildman–Crippen MR) is 221 cm³/mol. The Morgan fingerprint density at radius 1 is 0.288 bits per heavy atom. The number of H-pyrrole nitrogens is 4. The van der Waals surface area contributed by atoms with E-state index in [1.807, 2.05) is 0 Å². The van der Waals surface area contributed by atoms with E-state index >= 15 is 0 Å². The van der Waals surface area contributed by atoms with Gasteiger partial charge < -0.3 is 19.9 Å². The summed E-state index contributed by atoms with van der Waals surface area (Å²) in [6, 6.07) is 53.0. The van der Waals surface area contributed by atoms with Crippen molar-refractivity contribution in [3.63, 3.8) is 0 Å². The third-order valence-corrected chi connectivity index (χ3v) is 10.3. The molecule has 52 heavy (non-hydrogen) atoms. The molecule has 4 heteroatoms. The summed E-state index contributed by atoms with van der Waals surface area (Å²) in [5.74, 6) is 0. The molecule has 5 heterocycles. The minimum atomic E-state index is 1.04. The van der Waals surface area contributed by atoms with E-state index in [-0.39, 0.29) is 0 Å². The molecule has 250 valence electrons. The molecule has 0 saturated heterocycles. The summed E-state index contributed by atoms with van der Waals surface area (Å²) in [6.07, 6.45) is 0. The summed E-state index contributed by atoms with van der Waals surface area (Å²) in [5.41, 5.74) is 22.3. The standard InChI is InChI=1S/C48H40N4/c1-29-5-13-33(14-6-29)45-37-21-23-39(49-37)46(34-15-7-30(2)8-16-34)41-25-27-43(51-41)48(36-19-11-32(4)12-20-36)44-28-26-42(52-44)47(40-24-22-38(45)50-40)35-17-9-31(3)10-18-35/h5-28,49-52H,1-4H3/q+2. The minimum absolute atomic E-state index is 1.04. The van der Waals surface area contributed by atoms with Gasteiger partial charge in [-0.1, -0.05) is 59.7 Å². The van der Waals surface area contributed by atoms with Crippen LogP contribution in [0.15, 0.2) is 146 Å². The van der Waals surface area contributed by atoms with E-state index in [4.69, 9.17) is 0 Å². The van der Waals surface area contributed by atoms with Gasteiger partial charge >= 0.3 is 0 Å². The lowest BCUT2D eigenvalue weighted by Gasteiger charge is -2.05. The van der Waals surface area contributed by atoms with Crippen LogP contribution in [0.4, 0.5) is 0 Å². The zero-order valence-electron chi connectivity index (χ0n) is 29.9. The van der Waals surface area contributed by atoms with Crippen LogP contribution in [0, 0.1) is 27.7 Å². The van der Waals surface area contributed by atoms with Crippen molar-refractivity contribution >= 4 is 44.1 Å². The van der Waals surface area contributed by atoms with Gasteiger partial charge in [0.1, 0.15) is 33.2 Å². The first-order valence-corrected chi connectivity index (χ1v) is 17.9. The Bertz CT molecular complexity index is 2350. The van der Waals surface area contributed by atoms with Crippen LogP contribution in [0.5, 0.6) is 0 Å². The van der Waals surface area contributed by atoms with Crippen LogP contribution in [0.3, 0.4) is 0 Å². The predicted octanol–water partition coefficient (Wildman–Crippen LogP) is 13.2. The summed E-state index contributed by atoms with van der Waals surface area (Å²) in [5, 5.41) is 0. The van der Waals surface area contributed by atoms with Crippen molar-refractivity contribution < 1.29 is 0 Å². The number of fused-ring (bicyclic) bond motifs is 8. The summed E-state index contributed by atoms with van der Waals surface area (Å²) >= 11 is 0. The molecule has 4 nitrogen and oxygen atoms in total. The topological polar surface area (TPSA) is 63.2 Å². The van der Waals surface area contributed by atoms with Crippen LogP contribution in [0.2, 0.25) is 0 Å². The van der Waals surface area contributed by atoms with Gasteiger partial charge in [0.05, 0.1) is 34.3 Å². The summed E-state index contributed by atoms with van der Waals surface area (Å²) < 4.78 is 0. The molecule has 9 rings (SSSR count). The van der Waals surface area contributed by atoms with Crippen molar-refractivity contribution in [3.8, 4) is 44.5 Å². The monoisotopic (exact) mass is 672 g/mol. The SMILES string of the molecule is Cc1ccc(-c2c3ccc([nH]3)c(-c3ccc(C)cc3)c3ccc([nH]3)[c+](-c3ccc(C)cc3)c3ccc([nH]3)[c+](-c3ccc(C)cc3)c3ccc2[nH]3)cc1. The lowest BCUT2D eigenvalue weighted by Crippen LogP contribution is -1.85. The normalized spacial score (nSPS) is 11.5. The number of aromatic amines is 4. The minimum Gasteiger partial charge on any atom is -0.354 e. The maximum atomic E-state index is 3.88. The Kier molecular flexibility index (Phi) is 7.66. The first-order chi connectivity index (χ1) is 25.4. The number of nitrogens with one attached hydrogen (secondary N) is 4. The van der Waals surface area contributed by atoms with Crippen LogP contribution in [-0.4, -0.2) is 19.9 Å². The average molecular weight is 673 g/mol. The van der Waals surface area contributed by atoms with Crippen molar-refractivity contribution in [1.82, 2.24) is 19.9 Å². The molecular weight excluding hydrogens is 633 g/mol. The first kappa shape index (κ1) is 31.5. The molecule has 9 aromatic rings. The molecule has 0 aliphatic heterocycles. The summed E-state index contributed by atoms with van der Waals surface area (Å²) in [7, 11) is 0. The highest BCUT2D eigenvalue weighted by Gasteiger charge is 2.19. The fraction of sp³-hybridized carbons (Fsp3) is 0.0833. The third-order valence-electron chi connectivity index (χ3n) is 10.3. The number of aromatic nitrogens is 4. The van der Waals surface area contributed by atoms with Crippen molar-refractivity contribution in [1.29, 1.82) is 0 Å². The van der Waals surface area contributed by atoms with Crippen molar-refractivity contribution in [2.24, 2.45) is 0 Å². The van der Waals surface area contributed by atoms with Crippen molar-refractivity contribution in [2.45, 2.75) is 27.7 Å². The number of rotatable bonds is 4. The van der Waals surface area contributed by atoms with Crippen LogP contribution < -0.4 is 0 Å². The highest BCUT2D eigenvalue weighted by atomic mass is 14.8. The highest BCUT2D eigenvalue weighted by molar-refractivity contribution is 6.02. The van der Waals surface area contributed by atoms with E-state index in [1.165, 1.54) is 22.3 Å². The Morgan fingerprint density at radius 3 is 0.962 bits per heavy atom. The second-order valence-corrected chi connectivity index (χ2v) is 14.1. The van der Waals surface area contributed by atoms with E-state index in [1.54, 1.807) is 0 Å². The molecule has 0 saturated carbocycles. The third kappa shape index (κ3) is 5.69. The van der Waals surface area contributed by atoms with Gasteiger partial charge in [0, 0.05) is 58.6 Å². The van der Waals surface area contributed by atoms with Crippen molar-refractivity contribution in [2.75, 3.05) is 0 Å². The van der Waals surface area contributed by atoms with Gasteiger partial charge in [-0.25, -0.2) is 0 Å². The van der Waals surface area contributed by atoms with E-state index in [0.717, 1.165) is 88.6 Å². The van der Waals surface area contributed by atoms with E-state index in [0.29, 0.717) is 0 Å². The van der Waals surface area contributed by atoms with E-state index < -0.39 is 0 Å². The molecule has 4 aromatic carbocycles. The maximum absolute atomic E-state index is 3.88. The molecule has 0 aliphatic carbocycles. The first-order valence-electron chi connectivity index (χ1n) is 17.9. The Hall–Kier alpha value is -6.52. The lowest BCUT2D eigenvalue weighted by molar-refractivity contribution is 1.44. The number of benzene rings is 4. The highest BCUT2D eigenvalue weighted by Crippen LogP contribution is 2.37. The van der Waals surface area contributed by atoms with Crippen LogP contribution >= 0.6 is 0 Å². The summed E-state index contributed by atoms with van der Waals surface area (Å²) in [6.45, 7) is 8.54. The largest absolute Gasteiger partial charge is 0.354 e. The Balaban J connectivity index is 1.48. The molecule has 0 spiro atoms. The van der Waals surface area contributed by atoms with Gasteiger partial charge in [-0.3, -0.25) is 0 Å². The quantitative estimate of drug-likeness (QED) is 0.135. The fourth-order valence-electron chi connectivity index (χ4n) is 7.45. The average Bonchev–Trinajstić information content (AvgIpc) is 3.99. The lowest BCUT2D eigenvalue weighted by atomic mass is 10.0. The van der Waals surface area contributed by atoms with Gasteiger partial charge in [-0.2, -0.15) is 0 Å². The number of hydrogen-bond donors (Lipinski definition) is 4. The zero-order valence-corrected chi connectivity index (χ0v) is 29.9. The molecule has 4 N–H and O–H groups in total. The van der Waals surface area contributed by atoms with Gasteiger partial charge in [0.15, 0.2) is 0 Å². The van der Waals surface area contributed by atoms with Gasteiger partial charge in [-0.15, -0.1) is 0 Å². The Labute approximate surface area is 303 Å². The van der Waals surface area contributed by atoms with Crippen LogP contribution in [-0.2, 0) is 0 Å². The fourth-order valence-corrected chi connectivity index (χ4v) is 7.45. The zero-order chi connectivity index (χ0) is 35.3. The van der Waals surface area contributed by atoms with Gasteiger partial charge in [-0.05, 0) is 98.5 Å². The molecule has 0 aliphatic rings. The maximum Gasteiger partial charge on any atom is 0.126 e. The molecule has 8 bridgehead atoms. The van der Waals surface area contributed by atoms with E-state index in [2.05, 4.69) is 193 Å². The summed E-state index contributed by atoms with van der Waals surface area (Å²) in [4.78, 5) is 15.5. The number of aryl methyl sites for hydroxylation is 4. The van der Waals surface area contributed by atoms with Gasteiger partial charge in [0.25, 0.3) is 0 Å². The second kappa shape index (κ2) is 12.7. The van der Waals surface area contributed by atoms with Crippen LogP contribution in [0.1, 0.15) is 22.3 Å². The Morgan fingerprint density at radius 2 is 0.577 bits per heavy atom. The molecule has 0 amide bonds. The van der Waals surface area contributed by atoms with Crippen molar-refractivity contribution in [3.05, 3.63) is 168 Å². The molecule has 0 fully saturated rings. The van der Waals surface area contributed by atoms with E-state index in [9.17, 15) is 0 Å². The molecule has 0 unspecified atom stereocenters. The molecule has 0 radical (unpaired) electrons. The van der Waals surface area contributed by atoms with Gasteiger partial charge in [0.2, 0.25) is 0 Å². The van der Waals surface area contributed by atoms with Crippen LogP contribution in [0.25, 0.3) is 88.6 Å². The smallest absolute Gasteiger partial charge is 0.126 e. The molecule has 5 aromatic heterocycles. The molecule has 0 atom stereocenters.